The number of hydrogen-bond donors (Lipinski definition) is 1. The van der Waals surface area contributed by atoms with Crippen molar-refractivity contribution in [3.05, 3.63) is 54.1 Å². The average molecular weight is 423 g/mol. The Morgan fingerprint density at radius 1 is 1.03 bits per heavy atom. The fourth-order valence-electron chi connectivity index (χ4n) is 4.44. The third-order valence-corrected chi connectivity index (χ3v) is 6.13. The van der Waals surface area contributed by atoms with Gasteiger partial charge >= 0.3 is 0 Å². The second-order valence-electron chi connectivity index (χ2n) is 9.54. The Kier molecular flexibility index (Phi) is 6.73. The second kappa shape index (κ2) is 9.13. The number of amides is 2. The van der Waals surface area contributed by atoms with Crippen LogP contribution in [0.15, 0.2) is 48.5 Å². The molecule has 0 unspecified atom stereocenters. The van der Waals surface area contributed by atoms with Gasteiger partial charge in [0.1, 0.15) is 5.75 Å². The van der Waals surface area contributed by atoms with Crippen molar-refractivity contribution < 1.29 is 14.3 Å². The number of nitrogens with zero attached hydrogens (tertiary/aromatic N) is 1. The van der Waals surface area contributed by atoms with Crippen molar-refractivity contribution in [1.29, 1.82) is 0 Å². The second-order valence-corrected chi connectivity index (χ2v) is 9.54. The number of methoxy groups -OCH3 is 1. The summed E-state index contributed by atoms with van der Waals surface area (Å²) in [5.74, 6) is 0.952. The predicted octanol–water partition coefficient (Wildman–Crippen LogP) is 4.31. The van der Waals surface area contributed by atoms with Crippen LogP contribution in [0.4, 0.5) is 0 Å². The molecule has 0 spiro atoms. The van der Waals surface area contributed by atoms with Gasteiger partial charge in [-0.15, -0.1) is 0 Å². The standard InChI is InChI=1S/C26H34N2O3/c1-25(2,3)24(30)28-16-6-15-26(18-28,23(29)27-4)17-19-7-9-20(10-8-19)21-11-13-22(31-5)14-12-21/h7-14H,6,15-18H2,1-5H3,(H,27,29)/t26-/m1/s1. The molecular formula is C26H34N2O3. The molecule has 1 atom stereocenters. The zero-order valence-corrected chi connectivity index (χ0v) is 19.3. The molecule has 2 aromatic rings. The van der Waals surface area contributed by atoms with Gasteiger partial charge in [-0.3, -0.25) is 9.59 Å². The first-order chi connectivity index (χ1) is 14.7. The van der Waals surface area contributed by atoms with E-state index in [1.807, 2.05) is 49.9 Å². The first-order valence-corrected chi connectivity index (χ1v) is 10.9. The van der Waals surface area contributed by atoms with Gasteiger partial charge in [0, 0.05) is 25.6 Å². The Hall–Kier alpha value is -2.82. The van der Waals surface area contributed by atoms with E-state index in [0.29, 0.717) is 19.5 Å². The molecule has 1 aliphatic heterocycles. The van der Waals surface area contributed by atoms with E-state index in [4.69, 9.17) is 4.74 Å². The lowest BCUT2D eigenvalue weighted by Gasteiger charge is -2.43. The summed E-state index contributed by atoms with van der Waals surface area (Å²) in [6.45, 7) is 6.98. The Labute approximate surface area is 185 Å². The van der Waals surface area contributed by atoms with E-state index in [-0.39, 0.29) is 11.8 Å². The van der Waals surface area contributed by atoms with Gasteiger partial charge in [-0.1, -0.05) is 57.2 Å². The van der Waals surface area contributed by atoms with Gasteiger partial charge in [-0.05, 0) is 48.1 Å². The summed E-state index contributed by atoms with van der Waals surface area (Å²) in [7, 11) is 3.34. The predicted molar refractivity (Wildman–Crippen MR) is 124 cm³/mol. The largest absolute Gasteiger partial charge is 0.497 e. The summed E-state index contributed by atoms with van der Waals surface area (Å²) >= 11 is 0. The van der Waals surface area contributed by atoms with Crippen LogP contribution in [0, 0.1) is 10.8 Å². The van der Waals surface area contributed by atoms with Crippen LogP contribution in [-0.4, -0.2) is 44.0 Å². The van der Waals surface area contributed by atoms with Gasteiger partial charge in [-0.2, -0.15) is 0 Å². The maximum Gasteiger partial charge on any atom is 0.228 e. The topological polar surface area (TPSA) is 58.6 Å². The Bertz CT molecular complexity index is 913. The van der Waals surface area contributed by atoms with E-state index < -0.39 is 10.8 Å². The van der Waals surface area contributed by atoms with Crippen LogP contribution in [0.3, 0.4) is 0 Å². The molecule has 0 bridgehead atoms. The number of ether oxygens (including phenoxy) is 1. The van der Waals surface area contributed by atoms with Crippen LogP contribution in [-0.2, 0) is 16.0 Å². The van der Waals surface area contributed by atoms with Gasteiger partial charge in [0.05, 0.1) is 12.5 Å². The summed E-state index contributed by atoms with van der Waals surface area (Å²) in [4.78, 5) is 27.8. The lowest BCUT2D eigenvalue weighted by Crippen LogP contribution is -2.55. The van der Waals surface area contributed by atoms with Crippen molar-refractivity contribution in [2.75, 3.05) is 27.2 Å². The fraction of sp³-hybridized carbons (Fsp3) is 0.462. The summed E-state index contributed by atoms with van der Waals surface area (Å²) < 4.78 is 5.23. The smallest absolute Gasteiger partial charge is 0.228 e. The maximum absolute atomic E-state index is 13.0. The molecule has 166 valence electrons. The Morgan fingerprint density at radius 2 is 1.61 bits per heavy atom. The minimum atomic E-state index is -0.602. The van der Waals surface area contributed by atoms with E-state index in [9.17, 15) is 9.59 Å². The first kappa shape index (κ1) is 22.9. The third kappa shape index (κ3) is 5.09. The van der Waals surface area contributed by atoms with Gasteiger partial charge < -0.3 is 15.0 Å². The van der Waals surface area contributed by atoms with Gasteiger partial charge in [0.25, 0.3) is 0 Å². The van der Waals surface area contributed by atoms with E-state index in [1.54, 1.807) is 14.2 Å². The number of hydrogen-bond acceptors (Lipinski definition) is 3. The molecule has 0 radical (unpaired) electrons. The molecule has 1 fully saturated rings. The molecule has 2 amide bonds. The van der Waals surface area contributed by atoms with Crippen molar-refractivity contribution in [3.8, 4) is 16.9 Å². The lowest BCUT2D eigenvalue weighted by molar-refractivity contribution is -0.147. The number of benzene rings is 2. The number of piperidine rings is 1. The summed E-state index contributed by atoms with van der Waals surface area (Å²) in [6, 6.07) is 16.3. The zero-order valence-electron chi connectivity index (χ0n) is 19.3. The molecule has 31 heavy (non-hydrogen) atoms. The van der Waals surface area contributed by atoms with E-state index in [1.165, 1.54) is 0 Å². The summed E-state index contributed by atoms with van der Waals surface area (Å²) in [5.41, 5.74) is 2.29. The normalized spacial score (nSPS) is 19.1. The third-order valence-electron chi connectivity index (χ3n) is 6.13. The summed E-state index contributed by atoms with van der Waals surface area (Å²) in [5, 5.41) is 2.85. The van der Waals surface area contributed by atoms with Gasteiger partial charge in [0.2, 0.25) is 11.8 Å². The zero-order chi connectivity index (χ0) is 22.6. The van der Waals surface area contributed by atoms with Crippen LogP contribution in [0.2, 0.25) is 0 Å². The van der Waals surface area contributed by atoms with Crippen molar-refractivity contribution in [2.24, 2.45) is 10.8 Å². The van der Waals surface area contributed by atoms with E-state index >= 15 is 0 Å². The maximum atomic E-state index is 13.0. The van der Waals surface area contributed by atoms with E-state index in [0.717, 1.165) is 35.3 Å². The van der Waals surface area contributed by atoms with Crippen molar-refractivity contribution in [2.45, 2.75) is 40.0 Å². The molecule has 1 N–H and O–H groups in total. The van der Waals surface area contributed by atoms with Crippen LogP contribution in [0.25, 0.3) is 11.1 Å². The minimum absolute atomic E-state index is 0.0122. The molecule has 5 nitrogen and oxygen atoms in total. The molecule has 3 rings (SSSR count). The van der Waals surface area contributed by atoms with E-state index in [2.05, 4.69) is 29.6 Å². The van der Waals surface area contributed by atoms with Crippen molar-refractivity contribution >= 4 is 11.8 Å². The van der Waals surface area contributed by atoms with Crippen LogP contribution in [0.5, 0.6) is 5.75 Å². The Morgan fingerprint density at radius 3 is 2.13 bits per heavy atom. The monoisotopic (exact) mass is 422 g/mol. The SMILES string of the molecule is CNC(=O)[C@@]1(Cc2ccc(-c3ccc(OC)cc3)cc2)CCCN(C(=O)C(C)(C)C)C1. The minimum Gasteiger partial charge on any atom is -0.497 e. The number of nitrogens with one attached hydrogen (secondary N) is 1. The van der Waals surface area contributed by atoms with Crippen molar-refractivity contribution in [3.63, 3.8) is 0 Å². The quantitative estimate of drug-likeness (QED) is 0.781. The molecule has 5 heteroatoms. The lowest BCUT2D eigenvalue weighted by atomic mass is 9.73. The molecule has 2 aromatic carbocycles. The average Bonchev–Trinajstić information content (AvgIpc) is 2.78. The van der Waals surface area contributed by atoms with Crippen LogP contribution in [0.1, 0.15) is 39.2 Å². The highest BCUT2D eigenvalue weighted by atomic mass is 16.5. The number of carbonyl (C=O) groups is 2. The fourth-order valence-corrected chi connectivity index (χ4v) is 4.44. The van der Waals surface area contributed by atoms with Gasteiger partial charge in [0.15, 0.2) is 0 Å². The molecule has 0 aliphatic carbocycles. The highest BCUT2D eigenvalue weighted by Crippen LogP contribution is 2.36. The highest BCUT2D eigenvalue weighted by Gasteiger charge is 2.44. The molecule has 1 aliphatic rings. The first-order valence-electron chi connectivity index (χ1n) is 10.9. The molecule has 1 saturated heterocycles. The van der Waals surface area contributed by atoms with Gasteiger partial charge in [-0.25, -0.2) is 0 Å². The number of rotatable bonds is 5. The Balaban J connectivity index is 1.82. The van der Waals surface area contributed by atoms with Crippen LogP contribution < -0.4 is 10.1 Å². The number of carbonyl (C=O) groups excluding carboxylic acids is 2. The molecule has 0 aromatic heterocycles. The van der Waals surface area contributed by atoms with Crippen LogP contribution >= 0.6 is 0 Å². The van der Waals surface area contributed by atoms with Crippen molar-refractivity contribution in [1.82, 2.24) is 10.2 Å². The number of likely N-dealkylation sites (tertiary alicyclic amines) is 1. The molecule has 0 saturated carbocycles. The molecular weight excluding hydrogens is 388 g/mol. The molecule has 1 heterocycles. The summed E-state index contributed by atoms with van der Waals surface area (Å²) in [6.07, 6.45) is 2.23. The highest BCUT2D eigenvalue weighted by molar-refractivity contribution is 5.86.